The van der Waals surface area contributed by atoms with Gasteiger partial charge < -0.3 is 5.32 Å². The third-order valence-electron chi connectivity index (χ3n) is 4.25. The van der Waals surface area contributed by atoms with Crippen molar-refractivity contribution in [1.82, 2.24) is 25.0 Å². The fourth-order valence-electron chi connectivity index (χ4n) is 2.99. The molecule has 1 N–H and O–H groups in total. The highest BCUT2D eigenvalue weighted by atomic mass is 32.1. The first kappa shape index (κ1) is 19.6. The molecular formula is C18H29N5OS. The zero-order chi connectivity index (χ0) is 18.4. The molecule has 138 valence electrons. The molecule has 25 heavy (non-hydrogen) atoms. The average molecular weight is 364 g/mol. The number of rotatable bonds is 9. The molecule has 0 radical (unpaired) electrons. The Morgan fingerprint density at radius 3 is 2.60 bits per heavy atom. The van der Waals surface area contributed by atoms with Crippen LogP contribution in [0.4, 0.5) is 0 Å². The maximum Gasteiger partial charge on any atom is 0.263 e. The Balaban J connectivity index is 1.99. The van der Waals surface area contributed by atoms with Crippen molar-refractivity contribution in [3.8, 4) is 10.6 Å². The molecule has 0 fully saturated rings. The summed E-state index contributed by atoms with van der Waals surface area (Å²) in [6.07, 6.45) is 6.39. The summed E-state index contributed by atoms with van der Waals surface area (Å²) in [6, 6.07) is 0.365. The number of carbonyl (C=O) groups excluding carboxylic acids is 1. The molecule has 0 spiro atoms. The van der Waals surface area contributed by atoms with Crippen molar-refractivity contribution >= 4 is 17.2 Å². The van der Waals surface area contributed by atoms with Gasteiger partial charge in [-0.3, -0.25) is 14.4 Å². The van der Waals surface area contributed by atoms with Gasteiger partial charge in [0.25, 0.3) is 5.91 Å². The van der Waals surface area contributed by atoms with Gasteiger partial charge in [-0.15, -0.1) is 11.3 Å². The highest BCUT2D eigenvalue weighted by molar-refractivity contribution is 7.16. The van der Waals surface area contributed by atoms with Crippen molar-refractivity contribution < 1.29 is 4.79 Å². The number of carbonyl (C=O) groups is 1. The summed E-state index contributed by atoms with van der Waals surface area (Å²) in [5, 5.41) is 8.06. The number of thiazole rings is 1. The van der Waals surface area contributed by atoms with Crippen LogP contribution < -0.4 is 5.32 Å². The van der Waals surface area contributed by atoms with Gasteiger partial charge in [-0.2, -0.15) is 5.10 Å². The summed E-state index contributed by atoms with van der Waals surface area (Å²) in [7, 11) is 1.87. The predicted molar refractivity (Wildman–Crippen MR) is 103 cm³/mol. The molecular weight excluding hydrogens is 334 g/mol. The molecule has 0 aliphatic carbocycles. The molecule has 0 saturated heterocycles. The van der Waals surface area contributed by atoms with E-state index in [1.165, 1.54) is 11.3 Å². The second kappa shape index (κ2) is 9.10. The van der Waals surface area contributed by atoms with Crippen LogP contribution in [0.5, 0.6) is 0 Å². The van der Waals surface area contributed by atoms with E-state index >= 15 is 0 Å². The van der Waals surface area contributed by atoms with Gasteiger partial charge in [0.1, 0.15) is 9.88 Å². The Bertz CT molecular complexity index is 675. The largest absolute Gasteiger partial charge is 0.350 e. The van der Waals surface area contributed by atoms with E-state index in [0.29, 0.717) is 23.4 Å². The molecule has 0 aliphatic heterocycles. The lowest BCUT2D eigenvalue weighted by molar-refractivity contribution is 0.0933. The molecule has 0 aliphatic rings. The minimum Gasteiger partial charge on any atom is -0.350 e. The number of nitrogens with zero attached hydrogens (tertiary/aromatic N) is 4. The number of amides is 1. The molecule has 0 bridgehead atoms. The standard InChI is InChI=1S/C18H29N5OS/c1-6-23(7-2)15(8-13(3)4)10-19-17(24)16-11-20-18(25-16)14-9-21-22(5)12-14/h9,11-13,15H,6-8,10H2,1-5H3,(H,19,24)/t15-/m1/s1. The van der Waals surface area contributed by atoms with Gasteiger partial charge in [0.2, 0.25) is 0 Å². The molecule has 0 unspecified atom stereocenters. The van der Waals surface area contributed by atoms with Gasteiger partial charge in [0, 0.05) is 31.4 Å². The summed E-state index contributed by atoms with van der Waals surface area (Å²) in [5.74, 6) is 0.552. The first-order valence-corrected chi connectivity index (χ1v) is 9.73. The lowest BCUT2D eigenvalue weighted by Crippen LogP contribution is -2.44. The predicted octanol–water partition coefficient (Wildman–Crippen LogP) is 3.03. The van der Waals surface area contributed by atoms with Crippen molar-refractivity contribution in [2.75, 3.05) is 19.6 Å². The van der Waals surface area contributed by atoms with Crippen LogP contribution in [0.2, 0.25) is 0 Å². The number of hydrogen-bond acceptors (Lipinski definition) is 5. The Morgan fingerprint density at radius 1 is 1.32 bits per heavy atom. The van der Waals surface area contributed by atoms with Crippen LogP contribution in [0.25, 0.3) is 10.6 Å². The van der Waals surface area contributed by atoms with Gasteiger partial charge in [-0.05, 0) is 25.4 Å². The fourth-order valence-corrected chi connectivity index (χ4v) is 3.79. The maximum atomic E-state index is 12.5. The molecule has 2 aromatic rings. The van der Waals surface area contributed by atoms with Crippen LogP contribution in [0.1, 0.15) is 43.8 Å². The van der Waals surface area contributed by atoms with E-state index in [2.05, 4.69) is 48.0 Å². The van der Waals surface area contributed by atoms with Gasteiger partial charge >= 0.3 is 0 Å². The minimum absolute atomic E-state index is 0.0476. The minimum atomic E-state index is -0.0476. The van der Waals surface area contributed by atoms with Gasteiger partial charge in [0.05, 0.1) is 12.4 Å². The van der Waals surface area contributed by atoms with E-state index in [1.54, 1.807) is 17.1 Å². The summed E-state index contributed by atoms with van der Waals surface area (Å²) < 4.78 is 1.73. The molecule has 7 heteroatoms. The average Bonchev–Trinajstić information content (AvgIpc) is 3.21. The van der Waals surface area contributed by atoms with Crippen LogP contribution >= 0.6 is 11.3 Å². The Labute approximate surface area is 154 Å². The van der Waals surface area contributed by atoms with Crippen LogP contribution in [-0.2, 0) is 7.05 Å². The van der Waals surface area contributed by atoms with E-state index in [-0.39, 0.29) is 5.91 Å². The number of nitrogens with one attached hydrogen (secondary N) is 1. The summed E-state index contributed by atoms with van der Waals surface area (Å²) >= 11 is 1.40. The number of aryl methyl sites for hydroxylation is 1. The third-order valence-corrected chi connectivity index (χ3v) is 5.30. The van der Waals surface area contributed by atoms with Crippen LogP contribution in [-0.4, -0.2) is 51.2 Å². The van der Waals surface area contributed by atoms with Gasteiger partial charge in [-0.1, -0.05) is 27.7 Å². The molecule has 2 heterocycles. The smallest absolute Gasteiger partial charge is 0.263 e. The van der Waals surface area contributed by atoms with Gasteiger partial charge in [-0.25, -0.2) is 4.98 Å². The summed E-state index contributed by atoms with van der Waals surface area (Å²) in [4.78, 5) is 19.9. The second-order valence-electron chi connectivity index (χ2n) is 6.65. The zero-order valence-electron chi connectivity index (χ0n) is 15.8. The molecule has 0 saturated carbocycles. The van der Waals surface area contributed by atoms with E-state index in [0.717, 1.165) is 30.1 Å². The van der Waals surface area contributed by atoms with E-state index in [1.807, 2.05) is 13.2 Å². The van der Waals surface area contributed by atoms with Crippen LogP contribution in [0, 0.1) is 5.92 Å². The number of hydrogen-bond donors (Lipinski definition) is 1. The fraction of sp³-hybridized carbons (Fsp3) is 0.611. The second-order valence-corrected chi connectivity index (χ2v) is 7.68. The Hall–Kier alpha value is -1.73. The quantitative estimate of drug-likeness (QED) is 0.744. The van der Waals surface area contributed by atoms with Gasteiger partial charge in [0.15, 0.2) is 0 Å². The lowest BCUT2D eigenvalue weighted by atomic mass is 10.0. The SMILES string of the molecule is CCN(CC)[C@@H](CNC(=O)c1cnc(-c2cnn(C)c2)s1)CC(C)C. The normalized spacial score (nSPS) is 12.8. The monoisotopic (exact) mass is 363 g/mol. The van der Waals surface area contributed by atoms with E-state index < -0.39 is 0 Å². The lowest BCUT2D eigenvalue weighted by Gasteiger charge is -2.31. The molecule has 0 aromatic carbocycles. The third kappa shape index (κ3) is 5.37. The van der Waals surface area contributed by atoms with E-state index in [4.69, 9.17) is 0 Å². The molecule has 1 amide bonds. The molecule has 2 rings (SSSR count). The number of likely N-dealkylation sites (N-methyl/N-ethyl adjacent to an activating group) is 1. The topological polar surface area (TPSA) is 63.1 Å². The highest BCUT2D eigenvalue weighted by Crippen LogP contribution is 2.24. The van der Waals surface area contributed by atoms with Crippen molar-refractivity contribution in [3.05, 3.63) is 23.5 Å². The van der Waals surface area contributed by atoms with Crippen molar-refractivity contribution in [1.29, 1.82) is 0 Å². The first-order valence-electron chi connectivity index (χ1n) is 8.91. The molecule has 6 nitrogen and oxygen atoms in total. The van der Waals surface area contributed by atoms with Crippen molar-refractivity contribution in [2.24, 2.45) is 13.0 Å². The number of aromatic nitrogens is 3. The van der Waals surface area contributed by atoms with E-state index in [9.17, 15) is 4.79 Å². The zero-order valence-corrected chi connectivity index (χ0v) is 16.6. The summed E-state index contributed by atoms with van der Waals surface area (Å²) in [6.45, 7) is 11.4. The van der Waals surface area contributed by atoms with Crippen LogP contribution in [0.15, 0.2) is 18.6 Å². The molecule has 2 aromatic heterocycles. The van der Waals surface area contributed by atoms with Crippen LogP contribution in [0.3, 0.4) is 0 Å². The van der Waals surface area contributed by atoms with Crippen molar-refractivity contribution in [3.63, 3.8) is 0 Å². The summed E-state index contributed by atoms with van der Waals surface area (Å²) in [5.41, 5.74) is 0.937. The first-order chi connectivity index (χ1) is 11.9. The molecule has 1 atom stereocenters. The Morgan fingerprint density at radius 2 is 2.04 bits per heavy atom. The maximum absolute atomic E-state index is 12.5. The van der Waals surface area contributed by atoms with Crippen molar-refractivity contribution in [2.45, 2.75) is 40.2 Å². The highest BCUT2D eigenvalue weighted by Gasteiger charge is 2.19. The Kier molecular flexibility index (Phi) is 7.13.